The van der Waals surface area contributed by atoms with Crippen LogP contribution in [-0.4, -0.2) is 6.04 Å². The Kier molecular flexibility index (Phi) is 1.88. The molecule has 1 aliphatic heterocycles. The molecule has 1 unspecified atom stereocenters. The van der Waals surface area contributed by atoms with Crippen LogP contribution in [0.2, 0.25) is 0 Å². The summed E-state index contributed by atoms with van der Waals surface area (Å²) >= 11 is 0. The highest BCUT2D eigenvalue weighted by atomic mass is 17.3. The lowest BCUT2D eigenvalue weighted by molar-refractivity contribution is -0.309. The number of hydrogen-bond acceptors (Lipinski definition) is 3. The van der Waals surface area contributed by atoms with Crippen LogP contribution in [0.5, 0.6) is 0 Å². The Hall–Kier alpha value is -0.540. The van der Waals surface area contributed by atoms with E-state index in [1.807, 2.05) is 6.08 Å². The molecular formula is C5H9NO2. The average Bonchev–Trinajstić information content (AvgIpc) is 1.90. The first-order valence-electron chi connectivity index (χ1n) is 2.68. The van der Waals surface area contributed by atoms with Gasteiger partial charge < -0.3 is 4.89 Å². The monoisotopic (exact) mass is 115 g/mol. The Bertz CT molecular complexity index is 92.4. The quantitative estimate of drug-likeness (QED) is 0.511. The summed E-state index contributed by atoms with van der Waals surface area (Å²) in [6, 6.07) is 0.309. The summed E-state index contributed by atoms with van der Waals surface area (Å²) in [7, 11) is 0. The van der Waals surface area contributed by atoms with Crippen molar-refractivity contribution in [2.75, 3.05) is 0 Å². The molecular weight excluding hydrogens is 106 g/mol. The molecule has 0 aromatic rings. The van der Waals surface area contributed by atoms with Gasteiger partial charge in [0.05, 0.1) is 6.04 Å². The Labute approximate surface area is 48.2 Å². The van der Waals surface area contributed by atoms with Gasteiger partial charge in [0.15, 0.2) is 0 Å². The molecule has 0 saturated carbocycles. The minimum atomic E-state index is 0.309. The van der Waals surface area contributed by atoms with E-state index in [0.717, 1.165) is 6.42 Å². The van der Waals surface area contributed by atoms with E-state index in [2.05, 4.69) is 22.3 Å². The van der Waals surface area contributed by atoms with Crippen LogP contribution >= 0.6 is 0 Å². The minimum Gasteiger partial charge on any atom is -0.328 e. The third kappa shape index (κ3) is 1.21. The number of rotatable bonds is 1. The second-order valence-electron chi connectivity index (χ2n) is 1.64. The van der Waals surface area contributed by atoms with Gasteiger partial charge in [-0.1, -0.05) is 11.9 Å². The molecule has 0 amide bonds. The highest BCUT2D eigenvalue weighted by Crippen LogP contribution is 1.98. The van der Waals surface area contributed by atoms with Gasteiger partial charge in [-0.2, -0.15) is 5.48 Å². The van der Waals surface area contributed by atoms with Crippen molar-refractivity contribution in [3.63, 3.8) is 0 Å². The van der Waals surface area contributed by atoms with Gasteiger partial charge in [-0.3, -0.25) is 0 Å². The van der Waals surface area contributed by atoms with Crippen LogP contribution in [0, 0.1) is 0 Å². The van der Waals surface area contributed by atoms with Gasteiger partial charge >= 0.3 is 0 Å². The molecule has 46 valence electrons. The smallest absolute Gasteiger partial charge is 0.129 e. The van der Waals surface area contributed by atoms with Gasteiger partial charge in [0, 0.05) is 0 Å². The first-order chi connectivity index (χ1) is 3.93. The summed E-state index contributed by atoms with van der Waals surface area (Å²) < 4.78 is 0. The normalized spacial score (nSPS) is 27.4. The van der Waals surface area contributed by atoms with E-state index in [4.69, 9.17) is 0 Å². The lowest BCUT2D eigenvalue weighted by Gasteiger charge is -2.13. The van der Waals surface area contributed by atoms with Crippen molar-refractivity contribution in [3.05, 3.63) is 12.3 Å². The zero-order valence-corrected chi connectivity index (χ0v) is 4.76. The van der Waals surface area contributed by atoms with Crippen molar-refractivity contribution >= 4 is 0 Å². The maximum atomic E-state index is 4.44. The summed E-state index contributed by atoms with van der Waals surface area (Å²) in [6.07, 6.45) is 4.45. The van der Waals surface area contributed by atoms with E-state index in [1.54, 1.807) is 0 Å². The van der Waals surface area contributed by atoms with Gasteiger partial charge in [-0.25, -0.2) is 0 Å². The topological polar surface area (TPSA) is 30.5 Å². The number of hydroxylamine groups is 1. The molecule has 0 radical (unpaired) electrons. The van der Waals surface area contributed by atoms with Crippen molar-refractivity contribution in [2.45, 2.75) is 19.4 Å². The maximum absolute atomic E-state index is 4.44. The van der Waals surface area contributed by atoms with Gasteiger partial charge in [0.1, 0.15) is 6.26 Å². The van der Waals surface area contributed by atoms with E-state index in [0.29, 0.717) is 6.04 Å². The van der Waals surface area contributed by atoms with Crippen molar-refractivity contribution < 1.29 is 9.88 Å². The second kappa shape index (κ2) is 2.69. The fourth-order valence-corrected chi connectivity index (χ4v) is 0.503. The zero-order chi connectivity index (χ0) is 5.82. The number of hydrogen-bond donors (Lipinski definition) is 1. The van der Waals surface area contributed by atoms with E-state index in [9.17, 15) is 0 Å². The van der Waals surface area contributed by atoms with Crippen LogP contribution in [0.1, 0.15) is 13.3 Å². The molecule has 3 nitrogen and oxygen atoms in total. The Morgan fingerprint density at radius 2 is 2.62 bits per heavy atom. The summed E-state index contributed by atoms with van der Waals surface area (Å²) in [4.78, 5) is 8.85. The maximum Gasteiger partial charge on any atom is 0.129 e. The Balaban J connectivity index is 2.32. The predicted octanol–water partition coefficient (Wildman–Crippen LogP) is 0.745. The van der Waals surface area contributed by atoms with Gasteiger partial charge in [-0.05, 0) is 12.5 Å². The summed E-state index contributed by atoms with van der Waals surface area (Å²) in [5, 5.41) is 0. The standard InChI is InChI=1S/C5H9NO2/c1-2-5-3-4-7-8-6-5/h3-6H,2H2,1H3. The van der Waals surface area contributed by atoms with E-state index in [1.165, 1.54) is 6.26 Å². The third-order valence-corrected chi connectivity index (χ3v) is 1.05. The molecule has 1 rings (SSSR count). The molecule has 1 N–H and O–H groups in total. The Morgan fingerprint density at radius 1 is 1.75 bits per heavy atom. The van der Waals surface area contributed by atoms with Crippen molar-refractivity contribution in [1.29, 1.82) is 0 Å². The van der Waals surface area contributed by atoms with Gasteiger partial charge in [0.2, 0.25) is 0 Å². The van der Waals surface area contributed by atoms with E-state index < -0.39 is 0 Å². The predicted molar refractivity (Wildman–Crippen MR) is 28.5 cm³/mol. The molecule has 0 aliphatic carbocycles. The zero-order valence-electron chi connectivity index (χ0n) is 4.76. The van der Waals surface area contributed by atoms with E-state index >= 15 is 0 Å². The average molecular weight is 115 g/mol. The molecule has 1 atom stereocenters. The molecule has 0 spiro atoms. The van der Waals surface area contributed by atoms with Gasteiger partial charge in [0.25, 0.3) is 0 Å². The molecule has 0 bridgehead atoms. The minimum absolute atomic E-state index is 0.309. The summed E-state index contributed by atoms with van der Waals surface area (Å²) in [5.41, 5.74) is 2.66. The molecule has 1 heterocycles. The van der Waals surface area contributed by atoms with Crippen molar-refractivity contribution in [1.82, 2.24) is 5.48 Å². The molecule has 3 heteroatoms. The van der Waals surface area contributed by atoms with Crippen LogP contribution in [0.15, 0.2) is 12.3 Å². The van der Waals surface area contributed by atoms with Crippen LogP contribution in [0.3, 0.4) is 0 Å². The Morgan fingerprint density at radius 3 is 3.00 bits per heavy atom. The summed E-state index contributed by atoms with van der Waals surface area (Å²) in [5.74, 6) is 0. The largest absolute Gasteiger partial charge is 0.328 e. The molecule has 1 aliphatic rings. The van der Waals surface area contributed by atoms with Crippen LogP contribution in [0.4, 0.5) is 0 Å². The van der Waals surface area contributed by atoms with Crippen LogP contribution in [0.25, 0.3) is 0 Å². The van der Waals surface area contributed by atoms with Gasteiger partial charge in [-0.15, -0.1) is 0 Å². The summed E-state index contributed by atoms with van der Waals surface area (Å²) in [6.45, 7) is 2.07. The molecule has 0 aromatic carbocycles. The lowest BCUT2D eigenvalue weighted by atomic mass is 10.2. The fourth-order valence-electron chi connectivity index (χ4n) is 0.503. The second-order valence-corrected chi connectivity index (χ2v) is 1.64. The first-order valence-corrected chi connectivity index (χ1v) is 2.68. The molecule has 0 aromatic heterocycles. The fraction of sp³-hybridized carbons (Fsp3) is 0.600. The molecule has 0 fully saturated rings. The van der Waals surface area contributed by atoms with Crippen LogP contribution in [-0.2, 0) is 9.88 Å². The van der Waals surface area contributed by atoms with Crippen LogP contribution < -0.4 is 5.48 Å². The highest BCUT2D eigenvalue weighted by Gasteiger charge is 2.03. The van der Waals surface area contributed by atoms with E-state index in [-0.39, 0.29) is 0 Å². The first kappa shape index (κ1) is 5.59. The lowest BCUT2D eigenvalue weighted by Crippen LogP contribution is -2.28. The molecule has 0 saturated heterocycles. The number of nitrogens with one attached hydrogen (secondary N) is 1. The third-order valence-electron chi connectivity index (χ3n) is 1.05. The van der Waals surface area contributed by atoms with Crippen molar-refractivity contribution in [3.8, 4) is 0 Å². The molecule has 8 heavy (non-hydrogen) atoms. The van der Waals surface area contributed by atoms with Crippen molar-refractivity contribution in [2.24, 2.45) is 0 Å². The SMILES string of the molecule is CCC1C=COON1. The highest BCUT2D eigenvalue weighted by molar-refractivity contribution is 4.86.